The molecular weight excluding hydrogens is 248 g/mol. The van der Waals surface area contributed by atoms with E-state index in [-0.39, 0.29) is 5.91 Å². The zero-order valence-corrected chi connectivity index (χ0v) is 13.3. The van der Waals surface area contributed by atoms with Gasteiger partial charge in [-0.25, -0.2) is 0 Å². The molecule has 0 saturated heterocycles. The Balaban J connectivity index is 2.11. The van der Waals surface area contributed by atoms with Crippen molar-refractivity contribution < 1.29 is 4.79 Å². The van der Waals surface area contributed by atoms with Gasteiger partial charge in [0.2, 0.25) is 0 Å². The van der Waals surface area contributed by atoms with Crippen molar-refractivity contribution in [2.24, 2.45) is 0 Å². The van der Waals surface area contributed by atoms with Gasteiger partial charge in [-0.1, -0.05) is 25.7 Å². The maximum atomic E-state index is 12.5. The smallest absolute Gasteiger partial charge is 0.253 e. The van der Waals surface area contributed by atoms with Crippen LogP contribution >= 0.6 is 0 Å². The van der Waals surface area contributed by atoms with Crippen LogP contribution < -0.4 is 5.32 Å². The zero-order valence-electron chi connectivity index (χ0n) is 13.3. The van der Waals surface area contributed by atoms with Crippen LogP contribution in [0.25, 0.3) is 0 Å². The lowest BCUT2D eigenvalue weighted by atomic mass is 10.1. The number of nitrogens with one attached hydrogen (secondary N) is 1. The van der Waals surface area contributed by atoms with Crippen LogP contribution in [0.15, 0.2) is 6.07 Å². The molecular formula is C17H28N2O. The highest BCUT2D eigenvalue weighted by molar-refractivity contribution is 5.95. The standard InChI is InChI=1S/C17H28N2O/c1-12(2)19-13(3)11-16(14(19)4)17(20)18-15-9-7-5-6-8-10-15/h11-12,15H,5-10H2,1-4H3,(H,18,20). The van der Waals surface area contributed by atoms with Gasteiger partial charge >= 0.3 is 0 Å². The van der Waals surface area contributed by atoms with E-state index in [0.29, 0.717) is 12.1 Å². The Morgan fingerprint density at radius 3 is 2.30 bits per heavy atom. The molecule has 0 bridgehead atoms. The van der Waals surface area contributed by atoms with Crippen molar-refractivity contribution in [2.45, 2.75) is 78.3 Å². The first kappa shape index (κ1) is 15.1. The Morgan fingerprint density at radius 2 is 1.80 bits per heavy atom. The number of rotatable bonds is 3. The molecule has 0 spiro atoms. The molecule has 1 aliphatic carbocycles. The third-order valence-corrected chi connectivity index (χ3v) is 4.44. The summed E-state index contributed by atoms with van der Waals surface area (Å²) in [6.07, 6.45) is 7.39. The second kappa shape index (κ2) is 6.47. The largest absolute Gasteiger partial charge is 0.349 e. The van der Waals surface area contributed by atoms with Crippen LogP contribution in [0, 0.1) is 13.8 Å². The van der Waals surface area contributed by atoms with Gasteiger partial charge in [0.25, 0.3) is 5.91 Å². The van der Waals surface area contributed by atoms with E-state index in [1.165, 1.54) is 31.4 Å². The first-order valence-corrected chi connectivity index (χ1v) is 8.00. The van der Waals surface area contributed by atoms with Crippen LogP contribution in [0.2, 0.25) is 0 Å². The van der Waals surface area contributed by atoms with E-state index < -0.39 is 0 Å². The van der Waals surface area contributed by atoms with Crippen LogP contribution in [0.1, 0.15) is 80.2 Å². The number of aromatic nitrogens is 1. The van der Waals surface area contributed by atoms with Gasteiger partial charge in [-0.2, -0.15) is 0 Å². The van der Waals surface area contributed by atoms with Crippen LogP contribution in [-0.2, 0) is 0 Å². The predicted octanol–water partition coefficient (Wildman–Crippen LogP) is 4.14. The molecule has 1 aromatic rings. The van der Waals surface area contributed by atoms with Crippen LogP contribution in [0.4, 0.5) is 0 Å². The average Bonchev–Trinajstić information content (AvgIpc) is 2.55. The van der Waals surface area contributed by atoms with Crippen molar-refractivity contribution in [3.05, 3.63) is 23.0 Å². The fraction of sp³-hybridized carbons (Fsp3) is 0.706. The van der Waals surface area contributed by atoms with Crippen molar-refractivity contribution in [2.75, 3.05) is 0 Å². The molecule has 112 valence electrons. The van der Waals surface area contributed by atoms with E-state index in [0.717, 1.165) is 24.1 Å². The number of amides is 1. The Bertz CT molecular complexity index is 466. The van der Waals surface area contributed by atoms with Gasteiger partial charge in [-0.3, -0.25) is 4.79 Å². The van der Waals surface area contributed by atoms with E-state index in [1.807, 2.05) is 6.07 Å². The highest BCUT2D eigenvalue weighted by atomic mass is 16.1. The van der Waals surface area contributed by atoms with Gasteiger partial charge in [-0.15, -0.1) is 0 Å². The highest BCUT2D eigenvalue weighted by Crippen LogP contribution is 2.22. The number of carbonyl (C=O) groups excluding carboxylic acids is 1. The second-order valence-electron chi connectivity index (χ2n) is 6.41. The number of nitrogens with zero attached hydrogens (tertiary/aromatic N) is 1. The molecule has 1 heterocycles. The molecule has 20 heavy (non-hydrogen) atoms. The third kappa shape index (κ3) is 3.25. The molecule has 3 nitrogen and oxygen atoms in total. The van der Waals surface area contributed by atoms with Gasteiger partial charge in [-0.05, 0) is 46.6 Å². The van der Waals surface area contributed by atoms with E-state index in [9.17, 15) is 4.79 Å². The lowest BCUT2D eigenvalue weighted by Gasteiger charge is -2.17. The number of aryl methyl sites for hydroxylation is 1. The van der Waals surface area contributed by atoms with E-state index in [1.54, 1.807) is 0 Å². The van der Waals surface area contributed by atoms with Crippen LogP contribution in [0.3, 0.4) is 0 Å². The lowest BCUT2D eigenvalue weighted by molar-refractivity contribution is 0.0932. The molecule has 1 amide bonds. The first-order chi connectivity index (χ1) is 9.50. The summed E-state index contributed by atoms with van der Waals surface area (Å²) in [4.78, 5) is 12.5. The van der Waals surface area contributed by atoms with E-state index in [2.05, 4.69) is 37.6 Å². The lowest BCUT2D eigenvalue weighted by Crippen LogP contribution is -2.34. The second-order valence-corrected chi connectivity index (χ2v) is 6.41. The summed E-state index contributed by atoms with van der Waals surface area (Å²) >= 11 is 0. The molecule has 0 atom stereocenters. The van der Waals surface area contributed by atoms with Gasteiger partial charge < -0.3 is 9.88 Å². The SMILES string of the molecule is Cc1cc(C(=O)NC2CCCCCC2)c(C)n1C(C)C. The minimum atomic E-state index is 0.108. The van der Waals surface area contributed by atoms with Crippen molar-refractivity contribution in [3.63, 3.8) is 0 Å². The molecule has 0 radical (unpaired) electrons. The monoisotopic (exact) mass is 276 g/mol. The van der Waals surface area contributed by atoms with Gasteiger partial charge in [0.1, 0.15) is 0 Å². The molecule has 1 fully saturated rings. The molecule has 2 rings (SSSR count). The summed E-state index contributed by atoms with van der Waals surface area (Å²) in [7, 11) is 0. The topological polar surface area (TPSA) is 34.0 Å². The maximum Gasteiger partial charge on any atom is 0.253 e. The predicted molar refractivity (Wildman–Crippen MR) is 83.2 cm³/mol. The Morgan fingerprint density at radius 1 is 1.20 bits per heavy atom. The molecule has 1 N–H and O–H groups in total. The summed E-state index contributed by atoms with van der Waals surface area (Å²) in [6, 6.07) is 2.79. The average molecular weight is 276 g/mol. The molecule has 0 aliphatic heterocycles. The summed E-state index contributed by atoms with van der Waals surface area (Å²) in [5, 5.41) is 3.24. The molecule has 1 saturated carbocycles. The summed E-state index contributed by atoms with van der Waals surface area (Å²) in [5.74, 6) is 0.108. The summed E-state index contributed by atoms with van der Waals surface area (Å²) in [5.41, 5.74) is 3.10. The van der Waals surface area contributed by atoms with Gasteiger partial charge in [0.15, 0.2) is 0 Å². The van der Waals surface area contributed by atoms with Gasteiger partial charge in [0.05, 0.1) is 5.56 Å². The summed E-state index contributed by atoms with van der Waals surface area (Å²) < 4.78 is 2.24. The minimum absolute atomic E-state index is 0.108. The van der Waals surface area contributed by atoms with Crippen molar-refractivity contribution in [1.82, 2.24) is 9.88 Å². The van der Waals surface area contributed by atoms with Crippen molar-refractivity contribution in [1.29, 1.82) is 0 Å². The Kier molecular flexibility index (Phi) is 4.90. The third-order valence-electron chi connectivity index (χ3n) is 4.44. The fourth-order valence-electron chi connectivity index (χ4n) is 3.49. The Hall–Kier alpha value is -1.25. The van der Waals surface area contributed by atoms with Crippen LogP contribution in [0.5, 0.6) is 0 Å². The van der Waals surface area contributed by atoms with Crippen molar-refractivity contribution in [3.8, 4) is 0 Å². The molecule has 0 aromatic carbocycles. The number of hydrogen-bond acceptors (Lipinski definition) is 1. The molecule has 0 unspecified atom stereocenters. The number of hydrogen-bond donors (Lipinski definition) is 1. The van der Waals surface area contributed by atoms with Gasteiger partial charge in [0, 0.05) is 23.5 Å². The zero-order chi connectivity index (χ0) is 14.7. The summed E-state index contributed by atoms with van der Waals surface area (Å²) in [6.45, 7) is 8.45. The minimum Gasteiger partial charge on any atom is -0.349 e. The quantitative estimate of drug-likeness (QED) is 0.827. The Labute approximate surface area is 122 Å². The number of carbonyl (C=O) groups is 1. The molecule has 1 aliphatic rings. The first-order valence-electron chi connectivity index (χ1n) is 8.00. The molecule has 3 heteroatoms. The molecule has 1 aromatic heterocycles. The van der Waals surface area contributed by atoms with Crippen molar-refractivity contribution >= 4 is 5.91 Å². The normalized spacial score (nSPS) is 17.2. The van der Waals surface area contributed by atoms with E-state index >= 15 is 0 Å². The fourth-order valence-corrected chi connectivity index (χ4v) is 3.49. The van der Waals surface area contributed by atoms with E-state index in [4.69, 9.17) is 0 Å². The maximum absolute atomic E-state index is 12.5. The highest BCUT2D eigenvalue weighted by Gasteiger charge is 2.20. The van der Waals surface area contributed by atoms with Crippen LogP contribution in [-0.4, -0.2) is 16.5 Å².